The summed E-state index contributed by atoms with van der Waals surface area (Å²) < 4.78 is 1.78. The maximum Gasteiger partial charge on any atom is 0.152 e. The maximum atomic E-state index is 5.98. The fourth-order valence-corrected chi connectivity index (χ4v) is 1.80. The van der Waals surface area contributed by atoms with Crippen LogP contribution in [-0.2, 0) is 0 Å². The molecule has 3 aromatic rings. The van der Waals surface area contributed by atoms with Crippen molar-refractivity contribution in [2.45, 2.75) is 0 Å². The molecule has 0 spiro atoms. The van der Waals surface area contributed by atoms with Gasteiger partial charge in [0.15, 0.2) is 5.82 Å². The van der Waals surface area contributed by atoms with Gasteiger partial charge in [-0.2, -0.15) is 5.10 Å². The molecular formula is C13H10ClN5. The summed E-state index contributed by atoms with van der Waals surface area (Å²) in [5, 5.41) is 7.84. The molecule has 6 heteroatoms. The molecule has 0 atom stereocenters. The molecule has 19 heavy (non-hydrogen) atoms. The number of hydrogen-bond acceptors (Lipinski definition) is 4. The smallest absolute Gasteiger partial charge is 0.152 e. The van der Waals surface area contributed by atoms with E-state index in [1.54, 1.807) is 17.1 Å². The van der Waals surface area contributed by atoms with Gasteiger partial charge in [-0.3, -0.25) is 0 Å². The Balaban J connectivity index is 1.85. The Morgan fingerprint density at radius 2 is 1.95 bits per heavy atom. The third-order valence-corrected chi connectivity index (χ3v) is 2.81. The van der Waals surface area contributed by atoms with E-state index >= 15 is 0 Å². The monoisotopic (exact) mass is 271 g/mol. The average Bonchev–Trinajstić information content (AvgIpc) is 2.91. The van der Waals surface area contributed by atoms with Crippen LogP contribution in [0.5, 0.6) is 0 Å². The first-order chi connectivity index (χ1) is 9.33. The zero-order chi connectivity index (χ0) is 13.1. The Bertz CT molecular complexity index is 680. The van der Waals surface area contributed by atoms with Crippen LogP contribution in [-0.4, -0.2) is 19.7 Å². The third-order valence-electron chi connectivity index (χ3n) is 2.53. The maximum absolute atomic E-state index is 5.98. The molecule has 5 nitrogen and oxygen atoms in total. The molecule has 0 unspecified atom stereocenters. The lowest BCUT2D eigenvalue weighted by atomic mass is 10.3. The van der Waals surface area contributed by atoms with Crippen LogP contribution in [0.15, 0.2) is 55.2 Å². The Labute approximate surface area is 114 Å². The van der Waals surface area contributed by atoms with Crippen molar-refractivity contribution in [2.75, 3.05) is 5.32 Å². The standard InChI is InChI=1S/C13H10ClN5/c14-12-7-15-9-16-13(12)18-10-6-17-19(8-10)11-4-2-1-3-5-11/h1-9H,(H,15,16,18). The van der Waals surface area contributed by atoms with Crippen molar-refractivity contribution < 1.29 is 0 Å². The lowest BCUT2D eigenvalue weighted by Gasteiger charge is -2.03. The highest BCUT2D eigenvalue weighted by molar-refractivity contribution is 6.32. The summed E-state index contributed by atoms with van der Waals surface area (Å²) in [5.74, 6) is 0.560. The van der Waals surface area contributed by atoms with Crippen LogP contribution in [0.3, 0.4) is 0 Å². The zero-order valence-corrected chi connectivity index (χ0v) is 10.6. The first-order valence-corrected chi connectivity index (χ1v) is 6.03. The molecule has 0 aliphatic heterocycles. The second-order valence-corrected chi connectivity index (χ2v) is 4.26. The van der Waals surface area contributed by atoms with Gasteiger partial charge in [0.1, 0.15) is 11.3 Å². The average molecular weight is 272 g/mol. The highest BCUT2D eigenvalue weighted by Gasteiger charge is 2.04. The Hall–Kier alpha value is -2.40. The predicted octanol–water partition coefficient (Wildman–Crippen LogP) is 3.06. The van der Waals surface area contributed by atoms with Crippen molar-refractivity contribution in [3.8, 4) is 5.69 Å². The number of halogens is 1. The van der Waals surface area contributed by atoms with Gasteiger partial charge in [-0.1, -0.05) is 29.8 Å². The van der Waals surface area contributed by atoms with Crippen LogP contribution < -0.4 is 5.32 Å². The third kappa shape index (κ3) is 2.56. The van der Waals surface area contributed by atoms with Crippen LogP contribution in [0.25, 0.3) is 5.69 Å². The van der Waals surface area contributed by atoms with Crippen molar-refractivity contribution >= 4 is 23.1 Å². The Morgan fingerprint density at radius 3 is 2.74 bits per heavy atom. The molecule has 0 bridgehead atoms. The van der Waals surface area contributed by atoms with E-state index in [0.29, 0.717) is 10.8 Å². The van der Waals surface area contributed by atoms with Crippen molar-refractivity contribution in [3.05, 3.63) is 60.3 Å². The van der Waals surface area contributed by atoms with E-state index < -0.39 is 0 Å². The Kier molecular flexibility index (Phi) is 3.12. The van der Waals surface area contributed by atoms with Crippen LogP contribution >= 0.6 is 11.6 Å². The minimum Gasteiger partial charge on any atom is -0.336 e. The topological polar surface area (TPSA) is 55.6 Å². The van der Waals surface area contributed by atoms with E-state index in [1.807, 2.05) is 36.5 Å². The molecular weight excluding hydrogens is 262 g/mol. The van der Waals surface area contributed by atoms with E-state index in [0.717, 1.165) is 11.4 Å². The SMILES string of the molecule is Clc1cncnc1Nc1cnn(-c2ccccc2)c1. The minimum atomic E-state index is 0.468. The quantitative estimate of drug-likeness (QED) is 0.795. The van der Waals surface area contributed by atoms with Crippen molar-refractivity contribution in [1.82, 2.24) is 19.7 Å². The lowest BCUT2D eigenvalue weighted by Crippen LogP contribution is -1.95. The highest BCUT2D eigenvalue weighted by Crippen LogP contribution is 2.21. The molecule has 0 aliphatic carbocycles. The summed E-state index contributed by atoms with van der Waals surface area (Å²) in [6.07, 6.45) is 6.56. The van der Waals surface area contributed by atoms with Gasteiger partial charge in [0.25, 0.3) is 0 Å². The van der Waals surface area contributed by atoms with Crippen LogP contribution in [0.1, 0.15) is 0 Å². The summed E-state index contributed by atoms with van der Waals surface area (Å²) in [4.78, 5) is 7.90. The molecule has 0 aliphatic rings. The van der Waals surface area contributed by atoms with Gasteiger partial charge in [0.05, 0.1) is 30.0 Å². The van der Waals surface area contributed by atoms with E-state index in [1.165, 1.54) is 6.33 Å². The number of rotatable bonds is 3. The van der Waals surface area contributed by atoms with Crippen molar-refractivity contribution in [3.63, 3.8) is 0 Å². The largest absolute Gasteiger partial charge is 0.336 e. The van der Waals surface area contributed by atoms with Gasteiger partial charge in [0.2, 0.25) is 0 Å². The molecule has 94 valence electrons. The molecule has 1 N–H and O–H groups in total. The molecule has 0 saturated carbocycles. The van der Waals surface area contributed by atoms with Gasteiger partial charge in [-0.25, -0.2) is 14.6 Å². The van der Waals surface area contributed by atoms with Crippen LogP contribution in [0, 0.1) is 0 Å². The van der Waals surface area contributed by atoms with Gasteiger partial charge >= 0.3 is 0 Å². The number of benzene rings is 1. The fraction of sp³-hybridized carbons (Fsp3) is 0. The number of aromatic nitrogens is 4. The number of nitrogens with one attached hydrogen (secondary N) is 1. The van der Waals surface area contributed by atoms with Crippen LogP contribution in [0.4, 0.5) is 11.5 Å². The molecule has 0 saturated heterocycles. The summed E-state index contributed by atoms with van der Waals surface area (Å²) in [5.41, 5.74) is 1.80. The molecule has 1 aromatic carbocycles. The van der Waals surface area contributed by atoms with Gasteiger partial charge < -0.3 is 5.32 Å². The first kappa shape index (κ1) is 11.7. The van der Waals surface area contributed by atoms with Crippen molar-refractivity contribution in [1.29, 1.82) is 0 Å². The van der Waals surface area contributed by atoms with Gasteiger partial charge in [-0.05, 0) is 12.1 Å². The van der Waals surface area contributed by atoms with Crippen LogP contribution in [0.2, 0.25) is 5.02 Å². The summed E-state index contributed by atoms with van der Waals surface area (Å²) in [7, 11) is 0. The Morgan fingerprint density at radius 1 is 1.11 bits per heavy atom. The number of para-hydroxylation sites is 1. The molecule has 0 fully saturated rings. The first-order valence-electron chi connectivity index (χ1n) is 5.65. The zero-order valence-electron chi connectivity index (χ0n) is 9.86. The normalized spacial score (nSPS) is 10.4. The molecule has 0 radical (unpaired) electrons. The molecule has 0 amide bonds. The second kappa shape index (κ2) is 5.07. The van der Waals surface area contributed by atoms with Crippen molar-refractivity contribution in [2.24, 2.45) is 0 Å². The number of anilines is 2. The molecule has 3 rings (SSSR count). The lowest BCUT2D eigenvalue weighted by molar-refractivity contribution is 0.881. The van der Waals surface area contributed by atoms with Gasteiger partial charge in [0, 0.05) is 0 Å². The molecule has 2 heterocycles. The molecule has 2 aromatic heterocycles. The number of nitrogens with zero attached hydrogens (tertiary/aromatic N) is 4. The van der Waals surface area contributed by atoms with E-state index in [4.69, 9.17) is 11.6 Å². The minimum absolute atomic E-state index is 0.468. The summed E-state index contributed by atoms with van der Waals surface area (Å²) >= 11 is 5.98. The second-order valence-electron chi connectivity index (χ2n) is 3.85. The summed E-state index contributed by atoms with van der Waals surface area (Å²) in [6, 6.07) is 9.85. The highest BCUT2D eigenvalue weighted by atomic mass is 35.5. The van der Waals surface area contributed by atoms with E-state index in [-0.39, 0.29) is 0 Å². The number of hydrogen-bond donors (Lipinski definition) is 1. The fourth-order valence-electron chi connectivity index (χ4n) is 1.65. The van der Waals surface area contributed by atoms with E-state index in [2.05, 4.69) is 20.4 Å². The predicted molar refractivity (Wildman–Crippen MR) is 73.9 cm³/mol. The summed E-state index contributed by atoms with van der Waals surface area (Å²) in [6.45, 7) is 0. The van der Waals surface area contributed by atoms with E-state index in [9.17, 15) is 0 Å². The van der Waals surface area contributed by atoms with Gasteiger partial charge in [-0.15, -0.1) is 0 Å².